The summed E-state index contributed by atoms with van der Waals surface area (Å²) in [5.41, 5.74) is 1.25. The number of nitrogens with one attached hydrogen (secondary N) is 1. The molecule has 1 fully saturated rings. The number of benzene rings is 1. The van der Waals surface area contributed by atoms with E-state index in [-0.39, 0.29) is 30.2 Å². The van der Waals surface area contributed by atoms with E-state index in [4.69, 9.17) is 11.5 Å². The third kappa shape index (κ3) is 5.08. The van der Waals surface area contributed by atoms with E-state index in [0.29, 0.717) is 36.9 Å². The summed E-state index contributed by atoms with van der Waals surface area (Å²) < 4.78 is 0. The molecular formula is C19H22N2O4. The quantitative estimate of drug-likeness (QED) is 0.801. The van der Waals surface area contributed by atoms with Gasteiger partial charge in [-0.25, -0.2) is 0 Å². The lowest BCUT2D eigenvalue weighted by atomic mass is 9.81. The van der Waals surface area contributed by atoms with Gasteiger partial charge in [-0.3, -0.25) is 14.4 Å². The normalized spacial score (nSPS) is 19.5. The van der Waals surface area contributed by atoms with Gasteiger partial charge in [0.05, 0.1) is 12.5 Å². The highest BCUT2D eigenvalue weighted by molar-refractivity contribution is 5.94. The van der Waals surface area contributed by atoms with Crippen molar-refractivity contribution in [2.45, 2.75) is 25.7 Å². The molecule has 1 saturated carbocycles. The van der Waals surface area contributed by atoms with E-state index < -0.39 is 5.97 Å². The van der Waals surface area contributed by atoms with Crippen molar-refractivity contribution in [2.75, 3.05) is 18.9 Å². The first kappa shape index (κ1) is 18.5. The Balaban J connectivity index is 1.85. The monoisotopic (exact) mass is 342 g/mol. The molecule has 0 aliphatic heterocycles. The van der Waals surface area contributed by atoms with Crippen molar-refractivity contribution in [3.63, 3.8) is 0 Å². The van der Waals surface area contributed by atoms with E-state index in [1.165, 1.54) is 4.90 Å². The lowest BCUT2D eigenvalue weighted by molar-refractivity contribution is -0.145. The predicted octanol–water partition coefficient (Wildman–Crippen LogP) is 1.96. The van der Waals surface area contributed by atoms with E-state index in [1.54, 1.807) is 31.3 Å². The molecule has 0 aromatic heterocycles. The highest BCUT2D eigenvalue weighted by Crippen LogP contribution is 2.30. The smallest absolute Gasteiger partial charge is 0.306 e. The first-order valence-electron chi connectivity index (χ1n) is 8.25. The van der Waals surface area contributed by atoms with Crippen molar-refractivity contribution in [1.29, 1.82) is 0 Å². The second-order valence-corrected chi connectivity index (χ2v) is 6.35. The van der Waals surface area contributed by atoms with Crippen LogP contribution in [0.3, 0.4) is 0 Å². The average molecular weight is 342 g/mol. The molecule has 132 valence electrons. The number of terminal acetylenes is 1. The largest absolute Gasteiger partial charge is 0.481 e. The fourth-order valence-electron chi connectivity index (χ4n) is 3.08. The maximum Gasteiger partial charge on any atom is 0.306 e. The number of hydrogen-bond acceptors (Lipinski definition) is 3. The minimum absolute atomic E-state index is 0.0576. The zero-order valence-corrected chi connectivity index (χ0v) is 14.2. The number of rotatable bonds is 5. The summed E-state index contributed by atoms with van der Waals surface area (Å²) in [5.74, 6) is 0.712. The van der Waals surface area contributed by atoms with Crippen LogP contribution in [0.25, 0.3) is 0 Å². The van der Waals surface area contributed by atoms with Gasteiger partial charge >= 0.3 is 5.97 Å². The predicted molar refractivity (Wildman–Crippen MR) is 93.7 cm³/mol. The Labute approximate surface area is 147 Å². The average Bonchev–Trinajstić information content (AvgIpc) is 2.61. The molecular weight excluding hydrogens is 320 g/mol. The number of anilines is 1. The van der Waals surface area contributed by atoms with E-state index in [9.17, 15) is 14.4 Å². The molecule has 0 radical (unpaired) electrons. The van der Waals surface area contributed by atoms with Gasteiger partial charge < -0.3 is 15.3 Å². The first-order chi connectivity index (χ1) is 11.9. The summed E-state index contributed by atoms with van der Waals surface area (Å²) in [6, 6.07) is 6.93. The number of carbonyl (C=O) groups excluding carboxylic acids is 2. The summed E-state index contributed by atoms with van der Waals surface area (Å²) in [6.07, 6.45) is 7.43. The zero-order chi connectivity index (χ0) is 18.4. The van der Waals surface area contributed by atoms with Crippen molar-refractivity contribution in [2.24, 2.45) is 11.8 Å². The SMILES string of the molecule is C#Cc1cccc(NC(=O)CN(C)C(=O)C2CCC(C(=O)O)CC2)c1. The van der Waals surface area contributed by atoms with Gasteiger partial charge in [-0.15, -0.1) is 6.42 Å². The second-order valence-electron chi connectivity index (χ2n) is 6.35. The Morgan fingerprint density at radius 3 is 2.48 bits per heavy atom. The van der Waals surface area contributed by atoms with Crippen LogP contribution in [0.15, 0.2) is 24.3 Å². The molecule has 2 N–H and O–H groups in total. The number of amides is 2. The van der Waals surface area contributed by atoms with Crippen molar-refractivity contribution in [1.82, 2.24) is 4.90 Å². The van der Waals surface area contributed by atoms with E-state index in [2.05, 4.69) is 11.2 Å². The maximum atomic E-state index is 12.4. The molecule has 0 heterocycles. The maximum absolute atomic E-state index is 12.4. The third-order valence-corrected chi connectivity index (χ3v) is 4.50. The van der Waals surface area contributed by atoms with Crippen LogP contribution in [0.4, 0.5) is 5.69 Å². The van der Waals surface area contributed by atoms with Gasteiger partial charge in [-0.05, 0) is 43.9 Å². The summed E-state index contributed by atoms with van der Waals surface area (Å²) in [5, 5.41) is 11.7. The molecule has 2 amide bonds. The fraction of sp³-hybridized carbons (Fsp3) is 0.421. The molecule has 25 heavy (non-hydrogen) atoms. The first-order valence-corrected chi connectivity index (χ1v) is 8.25. The molecule has 6 nitrogen and oxygen atoms in total. The number of carboxylic acids is 1. The standard InChI is InChI=1S/C19H22N2O4/c1-3-13-5-4-6-16(11-13)20-17(22)12-21(2)18(23)14-7-9-15(10-8-14)19(24)25/h1,4-6,11,14-15H,7-10,12H2,2H3,(H,20,22)(H,24,25). The molecule has 0 spiro atoms. The van der Waals surface area contributed by atoms with Crippen molar-refractivity contribution in [3.05, 3.63) is 29.8 Å². The number of hydrogen-bond donors (Lipinski definition) is 2. The van der Waals surface area contributed by atoms with Gasteiger partial charge in [-0.1, -0.05) is 12.0 Å². The molecule has 1 aliphatic carbocycles. The molecule has 1 aromatic carbocycles. The number of carboxylic acid groups (broad SMARTS) is 1. The Hall–Kier alpha value is -2.81. The second kappa shape index (κ2) is 8.34. The topological polar surface area (TPSA) is 86.7 Å². The lowest BCUT2D eigenvalue weighted by Gasteiger charge is -2.28. The van der Waals surface area contributed by atoms with E-state index in [0.717, 1.165) is 0 Å². The van der Waals surface area contributed by atoms with Gasteiger partial charge in [0.2, 0.25) is 11.8 Å². The van der Waals surface area contributed by atoms with Crippen LogP contribution in [0.5, 0.6) is 0 Å². The molecule has 1 aliphatic rings. The van der Waals surface area contributed by atoms with Crippen LogP contribution in [-0.4, -0.2) is 41.4 Å². The van der Waals surface area contributed by atoms with Crippen LogP contribution < -0.4 is 5.32 Å². The van der Waals surface area contributed by atoms with Gasteiger partial charge in [0.1, 0.15) is 0 Å². The Morgan fingerprint density at radius 2 is 1.88 bits per heavy atom. The number of carbonyl (C=O) groups is 3. The van der Waals surface area contributed by atoms with Crippen molar-refractivity contribution >= 4 is 23.5 Å². The molecule has 0 saturated heterocycles. The van der Waals surface area contributed by atoms with Crippen LogP contribution in [0, 0.1) is 24.2 Å². The minimum Gasteiger partial charge on any atom is -0.481 e. The molecule has 0 bridgehead atoms. The third-order valence-electron chi connectivity index (χ3n) is 4.50. The molecule has 0 unspecified atom stereocenters. The van der Waals surface area contributed by atoms with Crippen LogP contribution in [0.1, 0.15) is 31.2 Å². The fourth-order valence-corrected chi connectivity index (χ4v) is 3.08. The van der Waals surface area contributed by atoms with Crippen molar-refractivity contribution < 1.29 is 19.5 Å². The van der Waals surface area contributed by atoms with Crippen LogP contribution >= 0.6 is 0 Å². The van der Waals surface area contributed by atoms with Gasteiger partial charge in [-0.2, -0.15) is 0 Å². The minimum atomic E-state index is -0.798. The van der Waals surface area contributed by atoms with E-state index in [1.807, 2.05) is 0 Å². The molecule has 2 rings (SSSR count). The molecule has 6 heteroatoms. The Bertz CT molecular complexity index is 700. The molecule has 0 atom stereocenters. The van der Waals surface area contributed by atoms with Gasteiger partial charge in [0.25, 0.3) is 0 Å². The Kier molecular flexibility index (Phi) is 6.18. The number of nitrogens with zero attached hydrogens (tertiary/aromatic N) is 1. The summed E-state index contributed by atoms with van der Waals surface area (Å²) >= 11 is 0. The highest BCUT2D eigenvalue weighted by atomic mass is 16.4. The zero-order valence-electron chi connectivity index (χ0n) is 14.2. The van der Waals surface area contributed by atoms with E-state index >= 15 is 0 Å². The van der Waals surface area contributed by atoms with Gasteiger partial charge in [0, 0.05) is 24.2 Å². The van der Waals surface area contributed by atoms with Crippen LogP contribution in [-0.2, 0) is 14.4 Å². The van der Waals surface area contributed by atoms with Crippen LogP contribution in [0.2, 0.25) is 0 Å². The molecule has 1 aromatic rings. The highest BCUT2D eigenvalue weighted by Gasteiger charge is 2.31. The van der Waals surface area contributed by atoms with Crippen molar-refractivity contribution in [3.8, 4) is 12.3 Å². The lowest BCUT2D eigenvalue weighted by Crippen LogP contribution is -2.40. The summed E-state index contributed by atoms with van der Waals surface area (Å²) in [6.45, 7) is -0.0576. The number of likely N-dealkylation sites (N-methyl/N-ethyl adjacent to an activating group) is 1. The Morgan fingerprint density at radius 1 is 1.24 bits per heavy atom. The summed E-state index contributed by atoms with van der Waals surface area (Å²) in [4.78, 5) is 36.9. The number of aliphatic carboxylic acids is 1. The van der Waals surface area contributed by atoms with Gasteiger partial charge in [0.15, 0.2) is 0 Å². The summed E-state index contributed by atoms with van der Waals surface area (Å²) in [7, 11) is 1.59.